The van der Waals surface area contributed by atoms with Gasteiger partial charge in [-0.3, -0.25) is 4.68 Å². The maximum Gasteiger partial charge on any atom is 2.00 e. The van der Waals surface area contributed by atoms with Gasteiger partial charge in [0.05, 0.1) is 11.2 Å². The molecule has 9 rings (SSSR count). The summed E-state index contributed by atoms with van der Waals surface area (Å²) in [7, 11) is 0. The molecule has 0 amide bonds. The van der Waals surface area contributed by atoms with Crippen molar-refractivity contribution in [2.75, 3.05) is 0 Å². The van der Waals surface area contributed by atoms with E-state index >= 15 is 0 Å². The Kier molecular flexibility index (Phi) is 7.74. The van der Waals surface area contributed by atoms with Gasteiger partial charge in [-0.15, -0.1) is 47.1 Å². The Bertz CT molecular complexity index is 2650. The molecule has 0 saturated carbocycles. The van der Waals surface area contributed by atoms with Crippen molar-refractivity contribution in [1.29, 1.82) is 0 Å². The van der Waals surface area contributed by atoms with Crippen LogP contribution >= 0.6 is 11.3 Å². The molecular formula is C42H30N4OPtS. The number of ether oxygens (including phenoxy) is 1. The van der Waals surface area contributed by atoms with Gasteiger partial charge in [-0.2, -0.15) is 17.2 Å². The van der Waals surface area contributed by atoms with E-state index in [0.717, 1.165) is 44.6 Å². The molecule has 4 aromatic heterocycles. The Balaban J connectivity index is 0.00000348. The van der Waals surface area contributed by atoms with Crippen molar-refractivity contribution in [3.05, 3.63) is 145 Å². The molecule has 4 heterocycles. The molecule has 240 valence electrons. The van der Waals surface area contributed by atoms with Crippen LogP contribution in [-0.4, -0.2) is 19.3 Å². The van der Waals surface area contributed by atoms with E-state index < -0.39 is 0 Å². The van der Waals surface area contributed by atoms with Crippen molar-refractivity contribution in [2.45, 2.75) is 26.2 Å². The smallest absolute Gasteiger partial charge is 0.509 e. The predicted octanol–water partition coefficient (Wildman–Crippen LogP) is 11.1. The summed E-state index contributed by atoms with van der Waals surface area (Å²) in [4.78, 5) is 4.94. The number of hydrogen-bond donors (Lipinski definition) is 0. The van der Waals surface area contributed by atoms with E-state index in [1.54, 1.807) is 0 Å². The standard InChI is InChI=1S/C42H30N4OS.Pt/c1-42(2,3)28-20-22-43-39(24-28)46-36-26-31(16-17-32(36)33-18-19-38-40(41(33)46)34-14-7-8-15-37(34)48-38)47-30-13-9-12-29(25-30)45-23-21-35(44-45)27-10-5-4-6-11-27;/h4-24H,1-3H3;/q-2;+2. The normalized spacial score (nSPS) is 11.8. The van der Waals surface area contributed by atoms with Gasteiger partial charge in [0, 0.05) is 49.6 Å². The van der Waals surface area contributed by atoms with Crippen LogP contribution in [-0.2, 0) is 26.5 Å². The van der Waals surface area contributed by atoms with Gasteiger partial charge < -0.3 is 9.30 Å². The first-order valence-electron chi connectivity index (χ1n) is 16.0. The summed E-state index contributed by atoms with van der Waals surface area (Å²) in [6, 6.07) is 46.6. The molecule has 0 saturated heterocycles. The van der Waals surface area contributed by atoms with Crippen LogP contribution in [0.4, 0.5) is 0 Å². The van der Waals surface area contributed by atoms with Crippen LogP contribution in [0.3, 0.4) is 0 Å². The monoisotopic (exact) mass is 833 g/mol. The van der Waals surface area contributed by atoms with Crippen molar-refractivity contribution in [3.8, 4) is 34.3 Å². The summed E-state index contributed by atoms with van der Waals surface area (Å²) < 4.78 is 13.1. The maximum atomic E-state index is 6.46. The van der Waals surface area contributed by atoms with E-state index in [-0.39, 0.29) is 26.5 Å². The van der Waals surface area contributed by atoms with Crippen LogP contribution in [0.5, 0.6) is 11.5 Å². The summed E-state index contributed by atoms with van der Waals surface area (Å²) in [5.41, 5.74) is 6.00. The molecule has 7 heteroatoms. The first kappa shape index (κ1) is 31.2. The van der Waals surface area contributed by atoms with Crippen molar-refractivity contribution in [3.63, 3.8) is 0 Å². The first-order valence-corrected chi connectivity index (χ1v) is 16.8. The molecule has 0 radical (unpaired) electrons. The van der Waals surface area contributed by atoms with Crippen LogP contribution < -0.4 is 4.74 Å². The number of aromatic nitrogens is 4. The molecule has 0 atom stereocenters. The van der Waals surface area contributed by atoms with Gasteiger partial charge in [0.1, 0.15) is 5.82 Å². The fraction of sp³-hybridized carbons (Fsp3) is 0.0952. The molecule has 0 spiro atoms. The summed E-state index contributed by atoms with van der Waals surface area (Å²) in [5, 5.41) is 9.53. The second-order valence-corrected chi connectivity index (χ2v) is 14.1. The van der Waals surface area contributed by atoms with E-state index in [4.69, 9.17) is 14.8 Å². The fourth-order valence-corrected chi connectivity index (χ4v) is 7.59. The largest absolute Gasteiger partial charge is 2.00 e. The minimum Gasteiger partial charge on any atom is -0.509 e. The van der Waals surface area contributed by atoms with Gasteiger partial charge in [0.15, 0.2) is 0 Å². The number of nitrogens with zero attached hydrogens (tertiary/aromatic N) is 4. The zero-order valence-corrected chi connectivity index (χ0v) is 30.1. The minimum atomic E-state index is -0.0316. The van der Waals surface area contributed by atoms with Crippen LogP contribution in [0.25, 0.3) is 64.7 Å². The maximum absolute atomic E-state index is 6.46. The second kappa shape index (κ2) is 12.1. The zero-order valence-electron chi connectivity index (χ0n) is 27.0. The number of hydrogen-bond acceptors (Lipinski definition) is 4. The average Bonchev–Trinajstić information content (AvgIpc) is 3.83. The zero-order chi connectivity index (χ0) is 32.4. The van der Waals surface area contributed by atoms with E-state index in [9.17, 15) is 0 Å². The summed E-state index contributed by atoms with van der Waals surface area (Å²) in [5.74, 6) is 2.05. The summed E-state index contributed by atoms with van der Waals surface area (Å²) in [6.07, 6.45) is 3.86. The molecule has 5 aromatic carbocycles. The van der Waals surface area contributed by atoms with Crippen LogP contribution in [0.1, 0.15) is 26.3 Å². The molecule has 0 N–H and O–H groups in total. The number of rotatable bonds is 5. The van der Waals surface area contributed by atoms with Crippen molar-refractivity contribution in [1.82, 2.24) is 19.3 Å². The molecule has 9 aromatic rings. The molecule has 0 aliphatic rings. The minimum absolute atomic E-state index is 0. The second-order valence-electron chi connectivity index (χ2n) is 13.0. The van der Waals surface area contributed by atoms with Gasteiger partial charge in [-0.05, 0) is 52.4 Å². The van der Waals surface area contributed by atoms with Crippen molar-refractivity contribution >= 4 is 53.3 Å². The third kappa shape index (κ3) is 5.46. The Labute approximate surface area is 302 Å². The predicted molar refractivity (Wildman–Crippen MR) is 197 cm³/mol. The SMILES string of the molecule is CC(C)(C)c1ccnc(-n2c3[c-]c(Oc4[c-]c(-n5ccc(-c6ccccc6)n5)ccc4)ccc3c3ccc4sc5ccccc5c4c32)c1.[Pt+2]. The van der Waals surface area contributed by atoms with E-state index in [2.05, 4.69) is 104 Å². The quantitative estimate of drug-likeness (QED) is 0.162. The van der Waals surface area contributed by atoms with Crippen molar-refractivity contribution < 1.29 is 25.8 Å². The Morgan fingerprint density at radius 3 is 2.37 bits per heavy atom. The molecule has 49 heavy (non-hydrogen) atoms. The Morgan fingerprint density at radius 2 is 1.51 bits per heavy atom. The van der Waals surface area contributed by atoms with Crippen molar-refractivity contribution in [2.24, 2.45) is 0 Å². The third-order valence-electron chi connectivity index (χ3n) is 8.87. The molecule has 0 unspecified atom stereocenters. The average molecular weight is 834 g/mol. The van der Waals surface area contributed by atoms with Gasteiger partial charge in [0.2, 0.25) is 0 Å². The number of fused-ring (bicyclic) bond motifs is 7. The third-order valence-corrected chi connectivity index (χ3v) is 10.0. The molecular weight excluding hydrogens is 804 g/mol. The molecule has 0 bridgehead atoms. The molecule has 5 nitrogen and oxygen atoms in total. The van der Waals surface area contributed by atoms with Crippen LogP contribution in [0.2, 0.25) is 0 Å². The van der Waals surface area contributed by atoms with Gasteiger partial charge >= 0.3 is 21.1 Å². The van der Waals surface area contributed by atoms with E-state index in [1.807, 2.05) is 76.9 Å². The number of thiophene rings is 1. The molecule has 0 fully saturated rings. The van der Waals surface area contributed by atoms with Gasteiger partial charge in [0.25, 0.3) is 0 Å². The number of benzene rings is 5. The number of pyridine rings is 1. The van der Waals surface area contributed by atoms with E-state index in [0.29, 0.717) is 11.5 Å². The van der Waals surface area contributed by atoms with Crippen LogP contribution in [0.15, 0.2) is 128 Å². The van der Waals surface area contributed by atoms with Crippen LogP contribution in [0, 0.1) is 12.1 Å². The Hall–Kier alpha value is -5.03. The molecule has 0 aliphatic carbocycles. The Morgan fingerprint density at radius 1 is 0.714 bits per heavy atom. The molecule has 0 aliphatic heterocycles. The van der Waals surface area contributed by atoms with Gasteiger partial charge in [-0.25, -0.2) is 4.98 Å². The fourth-order valence-electron chi connectivity index (χ4n) is 6.48. The van der Waals surface area contributed by atoms with E-state index in [1.165, 1.54) is 25.7 Å². The topological polar surface area (TPSA) is 44.9 Å². The first-order chi connectivity index (χ1) is 23.4. The summed E-state index contributed by atoms with van der Waals surface area (Å²) in [6.45, 7) is 6.70. The summed E-state index contributed by atoms with van der Waals surface area (Å²) >= 11 is 1.82. The van der Waals surface area contributed by atoms with Gasteiger partial charge in [-0.1, -0.05) is 80.9 Å².